The number of methoxy groups -OCH3 is 1. The van der Waals surface area contributed by atoms with E-state index >= 15 is 0 Å². The zero-order valence-corrected chi connectivity index (χ0v) is 12.6. The van der Waals surface area contributed by atoms with Gasteiger partial charge in [0.15, 0.2) is 11.5 Å². The van der Waals surface area contributed by atoms with E-state index in [2.05, 4.69) is 4.74 Å². The summed E-state index contributed by atoms with van der Waals surface area (Å²) in [5.41, 5.74) is 6.96. The van der Waals surface area contributed by atoms with Gasteiger partial charge in [0.1, 0.15) is 0 Å². The van der Waals surface area contributed by atoms with Gasteiger partial charge in [-0.2, -0.15) is 0 Å². The largest absolute Gasteiger partial charge is 0.573 e. The van der Waals surface area contributed by atoms with Crippen LogP contribution in [-0.2, 0) is 6.42 Å². The molecule has 21 heavy (non-hydrogen) atoms. The molecule has 0 saturated carbocycles. The molecule has 6 heteroatoms. The molecule has 0 aliphatic rings. The smallest absolute Gasteiger partial charge is 0.493 e. The topological polar surface area (TPSA) is 44.5 Å². The Morgan fingerprint density at radius 1 is 1.19 bits per heavy atom. The molecule has 0 radical (unpaired) electrons. The number of nitrogens with two attached hydrogens (primary N) is 1. The Hall–Kier alpha value is -1.43. The first kappa shape index (κ1) is 17.6. The van der Waals surface area contributed by atoms with Crippen LogP contribution in [0.1, 0.15) is 43.7 Å². The summed E-state index contributed by atoms with van der Waals surface area (Å²) in [5, 5.41) is 0. The van der Waals surface area contributed by atoms with Crippen molar-refractivity contribution in [1.29, 1.82) is 0 Å². The van der Waals surface area contributed by atoms with Crippen LogP contribution in [0.4, 0.5) is 13.2 Å². The Bertz CT molecular complexity index is 459. The standard InChI is InChI=1S/C15H22F3NO2/c1-10(2)12-8-11(6-4-5-7-19)14(20-3)13(9-12)21-15(16,17)18/h8-10H,4-7,19H2,1-3H3. The third-order valence-electron chi connectivity index (χ3n) is 3.15. The third kappa shape index (κ3) is 5.46. The van der Waals surface area contributed by atoms with Crippen LogP contribution < -0.4 is 15.2 Å². The van der Waals surface area contributed by atoms with Gasteiger partial charge in [-0.25, -0.2) is 0 Å². The molecule has 0 amide bonds. The fourth-order valence-corrected chi connectivity index (χ4v) is 2.09. The van der Waals surface area contributed by atoms with Gasteiger partial charge in [-0.05, 0) is 48.9 Å². The van der Waals surface area contributed by atoms with E-state index in [4.69, 9.17) is 10.5 Å². The fraction of sp³-hybridized carbons (Fsp3) is 0.600. The Balaban J connectivity index is 3.19. The van der Waals surface area contributed by atoms with E-state index in [1.165, 1.54) is 13.2 Å². The van der Waals surface area contributed by atoms with E-state index < -0.39 is 6.36 Å². The molecule has 0 fully saturated rings. The second-order valence-electron chi connectivity index (χ2n) is 5.16. The minimum Gasteiger partial charge on any atom is -0.493 e. The lowest BCUT2D eigenvalue weighted by molar-refractivity contribution is -0.275. The number of aryl methyl sites for hydroxylation is 1. The second-order valence-corrected chi connectivity index (χ2v) is 5.16. The molecule has 1 rings (SSSR count). The highest BCUT2D eigenvalue weighted by molar-refractivity contribution is 5.50. The highest BCUT2D eigenvalue weighted by Crippen LogP contribution is 2.38. The highest BCUT2D eigenvalue weighted by atomic mass is 19.4. The van der Waals surface area contributed by atoms with Gasteiger partial charge in [0.2, 0.25) is 0 Å². The maximum Gasteiger partial charge on any atom is 0.573 e. The van der Waals surface area contributed by atoms with E-state index in [0.29, 0.717) is 13.0 Å². The van der Waals surface area contributed by atoms with E-state index in [-0.39, 0.29) is 17.4 Å². The second kappa shape index (κ2) is 7.54. The average molecular weight is 305 g/mol. The van der Waals surface area contributed by atoms with Gasteiger partial charge in [-0.3, -0.25) is 0 Å². The van der Waals surface area contributed by atoms with Crippen LogP contribution >= 0.6 is 0 Å². The molecule has 0 bridgehead atoms. The molecule has 0 atom stereocenters. The van der Waals surface area contributed by atoms with Crippen molar-refractivity contribution in [3.8, 4) is 11.5 Å². The number of hydrogen-bond donors (Lipinski definition) is 1. The average Bonchev–Trinajstić information content (AvgIpc) is 2.36. The number of ether oxygens (including phenoxy) is 2. The van der Waals surface area contributed by atoms with Crippen LogP contribution in [0.5, 0.6) is 11.5 Å². The van der Waals surface area contributed by atoms with Crippen molar-refractivity contribution in [1.82, 2.24) is 0 Å². The van der Waals surface area contributed by atoms with Gasteiger partial charge in [0.05, 0.1) is 7.11 Å². The van der Waals surface area contributed by atoms with Crippen molar-refractivity contribution in [2.45, 2.75) is 45.4 Å². The molecule has 2 N–H and O–H groups in total. The van der Waals surface area contributed by atoms with Crippen molar-refractivity contribution >= 4 is 0 Å². The zero-order valence-electron chi connectivity index (χ0n) is 12.6. The Morgan fingerprint density at radius 2 is 1.86 bits per heavy atom. The van der Waals surface area contributed by atoms with Crippen molar-refractivity contribution < 1.29 is 22.6 Å². The van der Waals surface area contributed by atoms with E-state index in [9.17, 15) is 13.2 Å². The first-order valence-corrected chi connectivity index (χ1v) is 6.95. The number of alkyl halides is 3. The molecule has 0 heterocycles. The minimum absolute atomic E-state index is 0.0970. The Labute approximate surface area is 123 Å². The molecule has 1 aromatic carbocycles. The Kier molecular flexibility index (Phi) is 6.33. The summed E-state index contributed by atoms with van der Waals surface area (Å²) in [6, 6.07) is 3.27. The number of rotatable bonds is 7. The van der Waals surface area contributed by atoms with Crippen LogP contribution in [0.25, 0.3) is 0 Å². The van der Waals surface area contributed by atoms with E-state index in [0.717, 1.165) is 24.0 Å². The predicted molar refractivity (Wildman–Crippen MR) is 75.8 cm³/mol. The van der Waals surface area contributed by atoms with Gasteiger partial charge in [0, 0.05) is 0 Å². The van der Waals surface area contributed by atoms with Crippen LogP contribution in [0.2, 0.25) is 0 Å². The molecular weight excluding hydrogens is 283 g/mol. The SMILES string of the molecule is COc1c(CCCCN)cc(C(C)C)cc1OC(F)(F)F. The first-order chi connectivity index (χ1) is 9.78. The number of unbranched alkanes of at least 4 members (excludes halogenated alkanes) is 1. The maximum absolute atomic E-state index is 12.5. The molecule has 120 valence electrons. The van der Waals surface area contributed by atoms with Crippen LogP contribution in [0, 0.1) is 0 Å². The molecule has 0 unspecified atom stereocenters. The summed E-state index contributed by atoms with van der Waals surface area (Å²) in [6.07, 6.45) is -2.53. The molecule has 0 aromatic heterocycles. The quantitative estimate of drug-likeness (QED) is 0.774. The van der Waals surface area contributed by atoms with E-state index in [1.54, 1.807) is 0 Å². The van der Waals surface area contributed by atoms with Crippen molar-refractivity contribution in [2.75, 3.05) is 13.7 Å². The third-order valence-corrected chi connectivity index (χ3v) is 3.15. The van der Waals surface area contributed by atoms with Crippen LogP contribution in [0.15, 0.2) is 12.1 Å². The predicted octanol–water partition coefficient (Wildman–Crippen LogP) is 4.00. The van der Waals surface area contributed by atoms with Crippen LogP contribution in [0.3, 0.4) is 0 Å². The number of halogens is 3. The van der Waals surface area contributed by atoms with Gasteiger partial charge >= 0.3 is 6.36 Å². The molecule has 0 spiro atoms. The lowest BCUT2D eigenvalue weighted by Crippen LogP contribution is -2.18. The zero-order chi connectivity index (χ0) is 16.0. The lowest BCUT2D eigenvalue weighted by Gasteiger charge is -2.18. The fourth-order valence-electron chi connectivity index (χ4n) is 2.09. The lowest BCUT2D eigenvalue weighted by atomic mass is 9.97. The maximum atomic E-state index is 12.5. The summed E-state index contributed by atoms with van der Waals surface area (Å²) < 4.78 is 46.8. The summed E-state index contributed by atoms with van der Waals surface area (Å²) in [4.78, 5) is 0. The van der Waals surface area contributed by atoms with Crippen molar-refractivity contribution in [3.63, 3.8) is 0 Å². The molecular formula is C15H22F3NO2. The summed E-state index contributed by atoms with van der Waals surface area (Å²) in [7, 11) is 1.35. The molecule has 0 saturated heterocycles. The monoisotopic (exact) mass is 305 g/mol. The van der Waals surface area contributed by atoms with E-state index in [1.807, 2.05) is 19.9 Å². The van der Waals surface area contributed by atoms with Gasteiger partial charge in [0.25, 0.3) is 0 Å². The van der Waals surface area contributed by atoms with Crippen LogP contribution in [-0.4, -0.2) is 20.0 Å². The summed E-state index contributed by atoms with van der Waals surface area (Å²) in [5.74, 6) is -0.0348. The van der Waals surface area contributed by atoms with Gasteiger partial charge < -0.3 is 15.2 Å². The minimum atomic E-state index is -4.74. The summed E-state index contributed by atoms with van der Waals surface area (Å²) >= 11 is 0. The van der Waals surface area contributed by atoms with Crippen molar-refractivity contribution in [3.05, 3.63) is 23.3 Å². The van der Waals surface area contributed by atoms with Gasteiger partial charge in [-0.1, -0.05) is 19.9 Å². The first-order valence-electron chi connectivity index (χ1n) is 6.95. The molecule has 3 nitrogen and oxygen atoms in total. The van der Waals surface area contributed by atoms with Gasteiger partial charge in [-0.15, -0.1) is 13.2 Å². The molecule has 1 aromatic rings. The number of benzene rings is 1. The molecule has 0 aliphatic carbocycles. The highest BCUT2D eigenvalue weighted by Gasteiger charge is 2.33. The normalized spacial score (nSPS) is 11.8. The summed E-state index contributed by atoms with van der Waals surface area (Å²) in [6.45, 7) is 4.39. The van der Waals surface area contributed by atoms with Crippen molar-refractivity contribution in [2.24, 2.45) is 5.73 Å². The number of hydrogen-bond acceptors (Lipinski definition) is 3. The Morgan fingerprint density at radius 3 is 2.33 bits per heavy atom. The molecule has 0 aliphatic heterocycles.